The van der Waals surface area contributed by atoms with Crippen molar-refractivity contribution in [1.29, 1.82) is 0 Å². The number of hydrogen-bond donors (Lipinski definition) is 0. The lowest BCUT2D eigenvalue weighted by atomic mass is 10.3. The molecule has 0 saturated carbocycles. The first-order valence-corrected chi connectivity index (χ1v) is 6.49. The van der Waals surface area contributed by atoms with Crippen LogP contribution in [0.1, 0.15) is 6.92 Å². The van der Waals surface area contributed by atoms with Gasteiger partial charge in [-0.2, -0.15) is 19.6 Å². The molecule has 1 aliphatic heterocycles. The van der Waals surface area contributed by atoms with E-state index in [1.54, 1.807) is 4.52 Å². The van der Waals surface area contributed by atoms with Gasteiger partial charge in [0.15, 0.2) is 0 Å². The maximum absolute atomic E-state index is 6.03. The smallest absolute Gasteiger partial charge is 0.255 e. The van der Waals surface area contributed by atoms with Gasteiger partial charge in [0.2, 0.25) is 0 Å². The molecule has 0 radical (unpaired) electrons. The Morgan fingerprint density at radius 1 is 1.28 bits per heavy atom. The maximum Gasteiger partial charge on any atom is 0.255 e. The Morgan fingerprint density at radius 3 is 2.78 bits per heavy atom. The number of aromatic nitrogens is 4. The van der Waals surface area contributed by atoms with Gasteiger partial charge in [-0.05, 0) is 6.54 Å². The van der Waals surface area contributed by atoms with Gasteiger partial charge < -0.3 is 9.80 Å². The van der Waals surface area contributed by atoms with E-state index in [4.69, 9.17) is 11.6 Å². The zero-order valence-electron chi connectivity index (χ0n) is 10.3. The van der Waals surface area contributed by atoms with Crippen LogP contribution >= 0.6 is 11.6 Å². The molecule has 96 valence electrons. The third-order valence-corrected chi connectivity index (χ3v) is 3.54. The third kappa shape index (κ3) is 2.02. The predicted octanol–water partition coefficient (Wildman–Crippen LogP) is 0.920. The summed E-state index contributed by atoms with van der Waals surface area (Å²) in [4.78, 5) is 12.9. The highest BCUT2D eigenvalue weighted by Crippen LogP contribution is 2.20. The summed E-state index contributed by atoms with van der Waals surface area (Å²) >= 11 is 6.03. The maximum atomic E-state index is 6.03. The fraction of sp³-hybridized carbons (Fsp3) is 0.545. The molecule has 6 nitrogen and oxygen atoms in total. The van der Waals surface area contributed by atoms with Gasteiger partial charge in [0.05, 0.1) is 0 Å². The van der Waals surface area contributed by atoms with Gasteiger partial charge in [-0.15, -0.1) is 0 Å². The van der Waals surface area contributed by atoms with Crippen molar-refractivity contribution >= 4 is 23.2 Å². The SMILES string of the molecule is CCN1CCN(c2cc(Cl)nc3ncnn23)CC1. The summed E-state index contributed by atoms with van der Waals surface area (Å²) in [6.07, 6.45) is 1.50. The molecule has 7 heteroatoms. The van der Waals surface area contributed by atoms with Crippen molar-refractivity contribution < 1.29 is 0 Å². The molecule has 0 spiro atoms. The van der Waals surface area contributed by atoms with E-state index in [-0.39, 0.29) is 0 Å². The van der Waals surface area contributed by atoms with Crippen LogP contribution in [0.15, 0.2) is 12.4 Å². The third-order valence-electron chi connectivity index (χ3n) is 3.35. The lowest BCUT2D eigenvalue weighted by Gasteiger charge is -2.35. The molecule has 0 amide bonds. The van der Waals surface area contributed by atoms with Gasteiger partial charge in [0.1, 0.15) is 17.3 Å². The van der Waals surface area contributed by atoms with Gasteiger partial charge in [0, 0.05) is 32.2 Å². The first-order valence-electron chi connectivity index (χ1n) is 6.11. The van der Waals surface area contributed by atoms with E-state index < -0.39 is 0 Å². The molecular weight excluding hydrogens is 252 g/mol. The van der Waals surface area contributed by atoms with Gasteiger partial charge in [-0.3, -0.25) is 0 Å². The minimum Gasteiger partial charge on any atom is -0.354 e. The van der Waals surface area contributed by atoms with Crippen molar-refractivity contribution in [3.8, 4) is 0 Å². The highest BCUT2D eigenvalue weighted by molar-refractivity contribution is 6.29. The molecular formula is C11H15ClN6. The molecule has 0 N–H and O–H groups in total. The Kier molecular flexibility index (Phi) is 3.05. The van der Waals surface area contributed by atoms with Crippen LogP contribution in [0.25, 0.3) is 5.78 Å². The lowest BCUT2D eigenvalue weighted by Crippen LogP contribution is -2.46. The summed E-state index contributed by atoms with van der Waals surface area (Å²) in [6, 6.07) is 1.85. The Morgan fingerprint density at radius 2 is 2.06 bits per heavy atom. The quantitative estimate of drug-likeness (QED) is 0.757. The second kappa shape index (κ2) is 4.70. The fourth-order valence-corrected chi connectivity index (χ4v) is 2.46. The molecule has 0 atom stereocenters. The van der Waals surface area contributed by atoms with Gasteiger partial charge in [-0.1, -0.05) is 18.5 Å². The van der Waals surface area contributed by atoms with E-state index in [0.717, 1.165) is 38.5 Å². The van der Waals surface area contributed by atoms with Crippen molar-refractivity contribution in [2.24, 2.45) is 0 Å². The van der Waals surface area contributed by atoms with Crippen LogP contribution in [-0.4, -0.2) is 57.2 Å². The Bertz CT molecular complexity index is 545. The minimum absolute atomic E-state index is 0.462. The molecule has 0 aromatic carbocycles. The highest BCUT2D eigenvalue weighted by atomic mass is 35.5. The number of piperazine rings is 1. The van der Waals surface area contributed by atoms with E-state index in [2.05, 4.69) is 31.8 Å². The molecule has 0 bridgehead atoms. The normalized spacial score (nSPS) is 17.6. The predicted molar refractivity (Wildman–Crippen MR) is 70.1 cm³/mol. The van der Waals surface area contributed by atoms with Crippen LogP contribution in [0.2, 0.25) is 5.15 Å². The second-order valence-corrected chi connectivity index (χ2v) is 4.72. The van der Waals surface area contributed by atoms with Crippen LogP contribution in [0, 0.1) is 0 Å². The van der Waals surface area contributed by atoms with Crippen LogP contribution < -0.4 is 4.90 Å². The van der Waals surface area contributed by atoms with Crippen molar-refractivity contribution in [3.05, 3.63) is 17.5 Å². The Hall–Kier alpha value is -1.40. The number of likely N-dealkylation sites (N-methyl/N-ethyl adjacent to an activating group) is 1. The molecule has 3 heterocycles. The number of halogens is 1. The average Bonchev–Trinajstić information content (AvgIpc) is 2.86. The highest BCUT2D eigenvalue weighted by Gasteiger charge is 2.19. The average molecular weight is 267 g/mol. The summed E-state index contributed by atoms with van der Waals surface area (Å²) in [6.45, 7) is 7.36. The summed E-state index contributed by atoms with van der Waals surface area (Å²) in [5.74, 6) is 1.52. The minimum atomic E-state index is 0.462. The first-order chi connectivity index (χ1) is 8.78. The van der Waals surface area contributed by atoms with Crippen LogP contribution in [0.5, 0.6) is 0 Å². The second-order valence-electron chi connectivity index (χ2n) is 4.33. The molecule has 1 saturated heterocycles. The number of anilines is 1. The first kappa shape index (κ1) is 11.7. The largest absolute Gasteiger partial charge is 0.354 e. The number of fused-ring (bicyclic) bond motifs is 1. The molecule has 0 unspecified atom stereocenters. The van der Waals surface area contributed by atoms with Crippen molar-refractivity contribution in [1.82, 2.24) is 24.5 Å². The number of rotatable bonds is 2. The number of hydrogen-bond acceptors (Lipinski definition) is 5. The van der Waals surface area contributed by atoms with Gasteiger partial charge >= 0.3 is 0 Å². The summed E-state index contributed by atoms with van der Waals surface area (Å²) in [7, 11) is 0. The van der Waals surface area contributed by atoms with E-state index in [1.807, 2.05) is 6.07 Å². The van der Waals surface area contributed by atoms with E-state index in [0.29, 0.717) is 10.9 Å². The molecule has 1 aliphatic rings. The molecule has 0 aliphatic carbocycles. The van der Waals surface area contributed by atoms with Crippen LogP contribution in [0.3, 0.4) is 0 Å². The zero-order chi connectivity index (χ0) is 12.5. The zero-order valence-corrected chi connectivity index (χ0v) is 11.0. The molecule has 1 fully saturated rings. The van der Waals surface area contributed by atoms with E-state index >= 15 is 0 Å². The molecule has 2 aromatic heterocycles. The monoisotopic (exact) mass is 266 g/mol. The molecule has 3 rings (SSSR count). The Balaban J connectivity index is 1.92. The van der Waals surface area contributed by atoms with Crippen molar-refractivity contribution in [2.45, 2.75) is 6.92 Å². The summed E-state index contributed by atoms with van der Waals surface area (Å²) < 4.78 is 1.74. The molecule has 18 heavy (non-hydrogen) atoms. The number of nitrogens with zero attached hydrogens (tertiary/aromatic N) is 6. The summed E-state index contributed by atoms with van der Waals surface area (Å²) in [5, 5.41) is 4.66. The van der Waals surface area contributed by atoms with E-state index in [9.17, 15) is 0 Å². The van der Waals surface area contributed by atoms with Gasteiger partial charge in [-0.25, -0.2) is 0 Å². The summed E-state index contributed by atoms with van der Waals surface area (Å²) in [5.41, 5.74) is 0. The molecule has 2 aromatic rings. The van der Waals surface area contributed by atoms with Crippen LogP contribution in [-0.2, 0) is 0 Å². The fourth-order valence-electron chi connectivity index (χ4n) is 2.29. The van der Waals surface area contributed by atoms with Gasteiger partial charge in [0.25, 0.3) is 5.78 Å². The lowest BCUT2D eigenvalue weighted by molar-refractivity contribution is 0.270. The standard InChI is InChI=1S/C11H15ClN6/c1-2-16-3-5-17(6-4-16)10-7-9(12)15-11-13-8-14-18(10)11/h7-8H,2-6H2,1H3. The van der Waals surface area contributed by atoms with Crippen LogP contribution in [0.4, 0.5) is 5.82 Å². The van der Waals surface area contributed by atoms with E-state index in [1.165, 1.54) is 6.33 Å². The topological polar surface area (TPSA) is 49.6 Å². The van der Waals surface area contributed by atoms with Crippen molar-refractivity contribution in [2.75, 3.05) is 37.6 Å². The Labute approximate surface area is 110 Å². The van der Waals surface area contributed by atoms with Crippen molar-refractivity contribution in [3.63, 3.8) is 0 Å².